The van der Waals surface area contributed by atoms with Crippen LogP contribution < -0.4 is 10.5 Å². The summed E-state index contributed by atoms with van der Waals surface area (Å²) in [6.07, 6.45) is 1.48. The molecule has 1 heterocycles. The fourth-order valence-electron chi connectivity index (χ4n) is 2.79. The molecule has 4 N–H and O–H groups in total. The minimum absolute atomic E-state index is 0.243. The standard InChI is InChI=1S/C20H22N2O6/c1-11-5-15(28-19(27)7-18(25)26)3-4-16(11)17-6-13(8-22-12(17)2)20(21)14(9-23)10-24/h3-6,8-9,14,20,24H,7,10,21H2,1-2H3,(H,25,26). The van der Waals surface area contributed by atoms with Gasteiger partial charge in [-0.1, -0.05) is 6.07 Å². The van der Waals surface area contributed by atoms with Crippen LogP contribution in [0.2, 0.25) is 0 Å². The number of aliphatic carboxylic acids is 1. The number of aliphatic hydroxyl groups is 1. The third-order valence-electron chi connectivity index (χ3n) is 4.36. The molecule has 148 valence electrons. The number of aliphatic hydroxyl groups excluding tert-OH is 1. The Hall–Kier alpha value is -3.10. The highest BCUT2D eigenvalue weighted by Crippen LogP contribution is 2.31. The van der Waals surface area contributed by atoms with Crippen LogP contribution in [0.4, 0.5) is 0 Å². The van der Waals surface area contributed by atoms with E-state index in [0.29, 0.717) is 11.8 Å². The topological polar surface area (TPSA) is 140 Å². The van der Waals surface area contributed by atoms with Gasteiger partial charge in [0.05, 0.1) is 12.5 Å². The lowest BCUT2D eigenvalue weighted by Crippen LogP contribution is -2.25. The number of carbonyl (C=O) groups is 3. The summed E-state index contributed by atoms with van der Waals surface area (Å²) in [6.45, 7) is 3.29. The molecule has 0 aliphatic carbocycles. The number of benzene rings is 1. The molecule has 1 aromatic carbocycles. The highest BCUT2D eigenvalue weighted by atomic mass is 16.5. The molecule has 0 radical (unpaired) electrons. The van der Waals surface area contributed by atoms with E-state index < -0.39 is 30.3 Å². The number of carboxylic acids is 1. The van der Waals surface area contributed by atoms with Crippen LogP contribution in [0, 0.1) is 19.8 Å². The van der Waals surface area contributed by atoms with Gasteiger partial charge in [0.1, 0.15) is 18.5 Å². The average molecular weight is 386 g/mol. The number of nitrogens with two attached hydrogens (primary N) is 1. The van der Waals surface area contributed by atoms with Crippen molar-refractivity contribution >= 4 is 18.2 Å². The van der Waals surface area contributed by atoms with Gasteiger partial charge in [-0.25, -0.2) is 0 Å². The molecule has 2 rings (SSSR count). The van der Waals surface area contributed by atoms with Crippen LogP contribution >= 0.6 is 0 Å². The van der Waals surface area contributed by atoms with Crippen molar-refractivity contribution in [1.29, 1.82) is 0 Å². The fraction of sp³-hybridized carbons (Fsp3) is 0.300. The molecule has 28 heavy (non-hydrogen) atoms. The summed E-state index contributed by atoms with van der Waals surface area (Å²) in [5.41, 5.74) is 9.82. The number of aryl methyl sites for hydroxylation is 2. The van der Waals surface area contributed by atoms with Crippen molar-refractivity contribution in [1.82, 2.24) is 4.98 Å². The molecule has 8 heteroatoms. The molecule has 0 aliphatic rings. The van der Waals surface area contributed by atoms with Crippen LogP contribution in [0.1, 0.15) is 29.3 Å². The van der Waals surface area contributed by atoms with Crippen LogP contribution in [0.25, 0.3) is 11.1 Å². The Kier molecular flexibility index (Phi) is 6.97. The molecule has 0 saturated heterocycles. The first kappa shape index (κ1) is 21.2. The minimum Gasteiger partial charge on any atom is -0.481 e. The molecular formula is C20H22N2O6. The number of aldehydes is 1. The van der Waals surface area contributed by atoms with Crippen molar-refractivity contribution < 1.29 is 29.3 Å². The number of hydrogen-bond acceptors (Lipinski definition) is 7. The molecule has 0 saturated carbocycles. The predicted molar refractivity (Wildman–Crippen MR) is 101 cm³/mol. The summed E-state index contributed by atoms with van der Waals surface area (Å²) in [5, 5.41) is 17.9. The van der Waals surface area contributed by atoms with Crippen LogP contribution in [0.3, 0.4) is 0 Å². The summed E-state index contributed by atoms with van der Waals surface area (Å²) < 4.78 is 5.03. The second kappa shape index (κ2) is 9.20. The minimum atomic E-state index is -1.26. The van der Waals surface area contributed by atoms with Gasteiger partial charge in [0.15, 0.2) is 0 Å². The normalized spacial score (nSPS) is 12.9. The Labute approximate surface area is 162 Å². The van der Waals surface area contributed by atoms with Crippen molar-refractivity contribution in [3.8, 4) is 16.9 Å². The first-order valence-corrected chi connectivity index (χ1v) is 8.58. The molecule has 2 atom stereocenters. The zero-order valence-electron chi connectivity index (χ0n) is 15.6. The van der Waals surface area contributed by atoms with E-state index in [2.05, 4.69) is 4.98 Å². The van der Waals surface area contributed by atoms with E-state index in [1.807, 2.05) is 19.9 Å². The average Bonchev–Trinajstić information content (AvgIpc) is 2.63. The predicted octanol–water partition coefficient (Wildman–Crippen LogP) is 1.55. The molecule has 1 aromatic heterocycles. The first-order chi connectivity index (χ1) is 13.3. The lowest BCUT2D eigenvalue weighted by molar-refractivity contribution is -0.145. The Morgan fingerprint density at radius 3 is 2.54 bits per heavy atom. The Balaban J connectivity index is 2.34. The highest BCUT2D eigenvalue weighted by Gasteiger charge is 2.20. The Morgan fingerprint density at radius 2 is 1.96 bits per heavy atom. The molecule has 0 bridgehead atoms. The van der Waals surface area contributed by atoms with Gasteiger partial charge in [0.25, 0.3) is 0 Å². The number of nitrogens with zero attached hydrogens (tertiary/aromatic N) is 1. The smallest absolute Gasteiger partial charge is 0.322 e. The molecule has 0 aliphatic heterocycles. The van der Waals surface area contributed by atoms with Crippen molar-refractivity contribution in [2.24, 2.45) is 11.7 Å². The van der Waals surface area contributed by atoms with Gasteiger partial charge in [-0.05, 0) is 48.7 Å². The van der Waals surface area contributed by atoms with E-state index >= 15 is 0 Å². The van der Waals surface area contributed by atoms with Crippen LogP contribution in [-0.4, -0.2) is 40.0 Å². The third kappa shape index (κ3) is 4.99. The summed E-state index contributed by atoms with van der Waals surface area (Å²) in [7, 11) is 0. The van der Waals surface area contributed by atoms with Crippen molar-refractivity contribution in [2.45, 2.75) is 26.3 Å². The van der Waals surface area contributed by atoms with Crippen LogP contribution in [0.5, 0.6) is 5.75 Å². The summed E-state index contributed by atoms with van der Waals surface area (Å²) in [4.78, 5) is 37.5. The molecule has 2 aromatic rings. The van der Waals surface area contributed by atoms with Crippen molar-refractivity contribution in [3.05, 3.63) is 47.3 Å². The number of carboxylic acid groups (broad SMARTS) is 1. The van der Waals surface area contributed by atoms with E-state index in [1.165, 1.54) is 0 Å². The summed E-state index contributed by atoms with van der Waals surface area (Å²) >= 11 is 0. The number of pyridine rings is 1. The first-order valence-electron chi connectivity index (χ1n) is 8.58. The van der Waals surface area contributed by atoms with E-state index in [4.69, 9.17) is 15.6 Å². The maximum absolute atomic E-state index is 11.5. The van der Waals surface area contributed by atoms with Gasteiger partial charge >= 0.3 is 11.9 Å². The Bertz CT molecular complexity index is 896. The number of aromatic nitrogens is 1. The maximum atomic E-state index is 11.5. The zero-order chi connectivity index (χ0) is 20.8. The van der Waals surface area contributed by atoms with Crippen LogP contribution in [0.15, 0.2) is 30.5 Å². The molecule has 2 unspecified atom stereocenters. The molecule has 8 nitrogen and oxygen atoms in total. The zero-order valence-corrected chi connectivity index (χ0v) is 15.6. The van der Waals surface area contributed by atoms with Gasteiger partial charge in [-0.15, -0.1) is 0 Å². The van der Waals surface area contributed by atoms with Crippen molar-refractivity contribution in [2.75, 3.05) is 6.61 Å². The van der Waals surface area contributed by atoms with Gasteiger partial charge < -0.3 is 25.5 Å². The molecule has 0 spiro atoms. The Morgan fingerprint density at radius 1 is 1.25 bits per heavy atom. The molecular weight excluding hydrogens is 364 g/mol. The fourth-order valence-corrected chi connectivity index (χ4v) is 2.79. The quantitative estimate of drug-likeness (QED) is 0.269. The second-order valence-electron chi connectivity index (χ2n) is 6.43. The van der Waals surface area contributed by atoms with Gasteiger partial charge in [0.2, 0.25) is 0 Å². The van der Waals surface area contributed by atoms with E-state index in [0.717, 1.165) is 22.4 Å². The van der Waals surface area contributed by atoms with Gasteiger partial charge in [0, 0.05) is 23.5 Å². The molecule has 0 fully saturated rings. The van der Waals surface area contributed by atoms with E-state index in [-0.39, 0.29) is 12.4 Å². The van der Waals surface area contributed by atoms with E-state index in [1.54, 1.807) is 24.4 Å². The number of ether oxygens (including phenoxy) is 1. The van der Waals surface area contributed by atoms with Crippen molar-refractivity contribution in [3.63, 3.8) is 0 Å². The number of rotatable bonds is 8. The lowest BCUT2D eigenvalue weighted by atomic mass is 9.92. The van der Waals surface area contributed by atoms with Gasteiger partial charge in [-0.3, -0.25) is 14.6 Å². The largest absolute Gasteiger partial charge is 0.481 e. The monoisotopic (exact) mass is 386 g/mol. The van der Waals surface area contributed by atoms with Crippen LogP contribution in [-0.2, 0) is 14.4 Å². The lowest BCUT2D eigenvalue weighted by Gasteiger charge is -2.19. The number of hydrogen-bond donors (Lipinski definition) is 3. The highest BCUT2D eigenvalue weighted by molar-refractivity contribution is 5.91. The summed E-state index contributed by atoms with van der Waals surface area (Å²) in [5.74, 6) is -2.60. The number of carbonyl (C=O) groups excluding carboxylic acids is 2. The number of esters is 1. The summed E-state index contributed by atoms with van der Waals surface area (Å²) in [6, 6.07) is 6.06. The molecule has 0 amide bonds. The van der Waals surface area contributed by atoms with E-state index in [9.17, 15) is 19.5 Å². The SMILES string of the molecule is Cc1cc(OC(=O)CC(=O)O)ccc1-c1cc(C(N)C(C=O)CO)cnc1C. The maximum Gasteiger partial charge on any atom is 0.322 e. The third-order valence-corrected chi connectivity index (χ3v) is 4.36. The van der Waals surface area contributed by atoms with Gasteiger partial charge in [-0.2, -0.15) is 0 Å². The second-order valence-corrected chi connectivity index (χ2v) is 6.43.